The summed E-state index contributed by atoms with van der Waals surface area (Å²) in [7, 11) is 0. The second kappa shape index (κ2) is 7.00. The minimum absolute atomic E-state index is 0.138. The van der Waals surface area contributed by atoms with Crippen molar-refractivity contribution in [2.24, 2.45) is 0 Å². The third-order valence-electron chi connectivity index (χ3n) is 4.38. The summed E-state index contributed by atoms with van der Waals surface area (Å²) in [6, 6.07) is 19.0. The van der Waals surface area contributed by atoms with Crippen LogP contribution in [0.25, 0.3) is 22.6 Å². The number of fused-ring (bicyclic) bond motifs is 1. The van der Waals surface area contributed by atoms with E-state index in [4.69, 9.17) is 4.42 Å². The quantitative estimate of drug-likeness (QED) is 0.433. The molecule has 0 fully saturated rings. The summed E-state index contributed by atoms with van der Waals surface area (Å²) in [6.07, 6.45) is 0. The van der Waals surface area contributed by atoms with Gasteiger partial charge in [0.15, 0.2) is 5.58 Å². The van der Waals surface area contributed by atoms with Gasteiger partial charge in [0.2, 0.25) is 5.89 Å². The number of halogens is 1. The molecule has 4 rings (SSSR count). The third-order valence-corrected chi connectivity index (χ3v) is 5.07. The number of hydrogen-bond donors (Lipinski definition) is 1. The van der Waals surface area contributed by atoms with Gasteiger partial charge in [-0.2, -0.15) is 0 Å². The van der Waals surface area contributed by atoms with Gasteiger partial charge in [0.25, 0.3) is 5.91 Å². The first-order valence-electron chi connectivity index (χ1n) is 8.55. The van der Waals surface area contributed by atoms with Crippen molar-refractivity contribution in [2.75, 3.05) is 5.32 Å². The van der Waals surface area contributed by atoms with Gasteiger partial charge in [-0.3, -0.25) is 4.79 Å². The molecule has 134 valence electrons. The average molecular weight is 421 g/mol. The maximum atomic E-state index is 12.6. The fraction of sp³-hybridized carbons (Fsp3) is 0.0909. The molecular weight excluding hydrogens is 404 g/mol. The number of carbonyl (C=O) groups excluding carboxylic acids is 1. The van der Waals surface area contributed by atoms with E-state index < -0.39 is 0 Å². The first-order chi connectivity index (χ1) is 13.0. The number of nitrogens with zero attached hydrogens (tertiary/aromatic N) is 1. The highest BCUT2D eigenvalue weighted by atomic mass is 79.9. The van der Waals surface area contributed by atoms with Crippen LogP contribution in [0.3, 0.4) is 0 Å². The molecule has 0 atom stereocenters. The van der Waals surface area contributed by atoms with Gasteiger partial charge in [-0.25, -0.2) is 4.98 Å². The number of nitrogens with one attached hydrogen (secondary N) is 1. The Morgan fingerprint density at radius 2 is 1.85 bits per heavy atom. The van der Waals surface area contributed by atoms with Crippen LogP contribution in [0.5, 0.6) is 0 Å². The maximum absolute atomic E-state index is 12.6. The zero-order chi connectivity index (χ0) is 19.0. The Bertz CT molecular complexity index is 1160. The first-order valence-corrected chi connectivity index (χ1v) is 9.34. The number of aryl methyl sites for hydroxylation is 2. The van der Waals surface area contributed by atoms with Crippen LogP contribution in [-0.2, 0) is 0 Å². The van der Waals surface area contributed by atoms with Crippen molar-refractivity contribution in [3.63, 3.8) is 0 Å². The van der Waals surface area contributed by atoms with Crippen LogP contribution < -0.4 is 5.32 Å². The van der Waals surface area contributed by atoms with E-state index >= 15 is 0 Å². The Morgan fingerprint density at radius 1 is 1.04 bits per heavy atom. The lowest BCUT2D eigenvalue weighted by molar-refractivity contribution is 0.102. The Labute approximate surface area is 165 Å². The van der Waals surface area contributed by atoms with Gasteiger partial charge >= 0.3 is 0 Å². The smallest absolute Gasteiger partial charge is 0.255 e. The van der Waals surface area contributed by atoms with E-state index in [1.54, 1.807) is 0 Å². The topological polar surface area (TPSA) is 55.1 Å². The molecule has 1 N–H and O–H groups in total. The van der Waals surface area contributed by atoms with Crippen molar-refractivity contribution >= 4 is 38.6 Å². The molecule has 4 nitrogen and oxygen atoms in total. The van der Waals surface area contributed by atoms with Crippen LogP contribution in [0.15, 0.2) is 69.6 Å². The van der Waals surface area contributed by atoms with E-state index in [-0.39, 0.29) is 5.91 Å². The Hall–Kier alpha value is -2.92. The molecule has 1 amide bonds. The lowest BCUT2D eigenvalue weighted by atomic mass is 10.1. The second-order valence-electron chi connectivity index (χ2n) is 6.45. The highest BCUT2D eigenvalue weighted by molar-refractivity contribution is 9.10. The standard InChI is InChI=1S/C22H17BrN2O2/c1-13-7-9-16(14(2)11-13)21(26)24-15-8-10-20-19(12-15)25-22(27-20)17-5-3-4-6-18(17)23/h3-12H,1-2H3,(H,24,26). The minimum atomic E-state index is -0.138. The molecule has 0 saturated heterocycles. The largest absolute Gasteiger partial charge is 0.436 e. The Morgan fingerprint density at radius 3 is 2.63 bits per heavy atom. The lowest BCUT2D eigenvalue weighted by Gasteiger charge is -2.08. The minimum Gasteiger partial charge on any atom is -0.436 e. The predicted octanol–water partition coefficient (Wildman–Crippen LogP) is 6.13. The van der Waals surface area contributed by atoms with Gasteiger partial charge in [0.05, 0.1) is 5.56 Å². The summed E-state index contributed by atoms with van der Waals surface area (Å²) in [5, 5.41) is 2.94. The molecule has 0 bridgehead atoms. The van der Waals surface area contributed by atoms with Crippen molar-refractivity contribution in [3.8, 4) is 11.5 Å². The van der Waals surface area contributed by atoms with E-state index in [0.717, 1.165) is 21.2 Å². The van der Waals surface area contributed by atoms with Gasteiger partial charge in [0.1, 0.15) is 5.52 Å². The molecule has 0 aliphatic carbocycles. The molecule has 5 heteroatoms. The van der Waals surface area contributed by atoms with Crippen molar-refractivity contribution in [1.82, 2.24) is 4.98 Å². The van der Waals surface area contributed by atoms with Crippen molar-refractivity contribution in [1.29, 1.82) is 0 Å². The number of carbonyl (C=O) groups is 1. The molecule has 0 unspecified atom stereocenters. The molecule has 0 aliphatic heterocycles. The highest BCUT2D eigenvalue weighted by Crippen LogP contribution is 2.31. The van der Waals surface area contributed by atoms with Gasteiger partial charge < -0.3 is 9.73 Å². The van der Waals surface area contributed by atoms with Crippen LogP contribution in [0, 0.1) is 13.8 Å². The van der Waals surface area contributed by atoms with Crippen LogP contribution in [0.4, 0.5) is 5.69 Å². The number of amides is 1. The molecular formula is C22H17BrN2O2. The number of oxazole rings is 1. The summed E-state index contributed by atoms with van der Waals surface area (Å²) < 4.78 is 6.77. The molecule has 27 heavy (non-hydrogen) atoms. The van der Waals surface area contributed by atoms with Gasteiger partial charge in [-0.15, -0.1) is 0 Å². The number of rotatable bonds is 3. The maximum Gasteiger partial charge on any atom is 0.255 e. The highest BCUT2D eigenvalue weighted by Gasteiger charge is 2.13. The lowest BCUT2D eigenvalue weighted by Crippen LogP contribution is -2.13. The van der Waals surface area contributed by atoms with E-state index in [2.05, 4.69) is 26.2 Å². The summed E-state index contributed by atoms with van der Waals surface area (Å²) in [5.41, 5.74) is 5.67. The molecule has 4 aromatic rings. The van der Waals surface area contributed by atoms with E-state index in [0.29, 0.717) is 28.2 Å². The molecule has 0 spiro atoms. The zero-order valence-corrected chi connectivity index (χ0v) is 16.5. The molecule has 3 aromatic carbocycles. The summed E-state index contributed by atoms with van der Waals surface area (Å²) in [4.78, 5) is 17.2. The second-order valence-corrected chi connectivity index (χ2v) is 7.31. The number of hydrogen-bond acceptors (Lipinski definition) is 3. The Kier molecular flexibility index (Phi) is 4.54. The molecule has 1 heterocycles. The monoisotopic (exact) mass is 420 g/mol. The van der Waals surface area contributed by atoms with Crippen LogP contribution in [-0.4, -0.2) is 10.9 Å². The van der Waals surface area contributed by atoms with Gasteiger partial charge in [-0.1, -0.05) is 29.8 Å². The summed E-state index contributed by atoms with van der Waals surface area (Å²) in [5.74, 6) is 0.400. The molecule has 0 radical (unpaired) electrons. The van der Waals surface area contributed by atoms with E-state index in [1.165, 1.54) is 0 Å². The van der Waals surface area contributed by atoms with Crippen molar-refractivity contribution < 1.29 is 9.21 Å². The normalized spacial score (nSPS) is 10.9. The zero-order valence-electron chi connectivity index (χ0n) is 14.9. The molecule has 0 saturated carbocycles. The number of benzene rings is 3. The van der Waals surface area contributed by atoms with E-state index in [9.17, 15) is 4.79 Å². The first kappa shape index (κ1) is 17.5. The van der Waals surface area contributed by atoms with Crippen LogP contribution in [0.2, 0.25) is 0 Å². The van der Waals surface area contributed by atoms with Gasteiger partial charge in [0, 0.05) is 15.7 Å². The SMILES string of the molecule is Cc1ccc(C(=O)Nc2ccc3oc(-c4ccccc4Br)nc3c2)c(C)c1. The summed E-state index contributed by atoms with van der Waals surface area (Å²) in [6.45, 7) is 3.95. The molecule has 0 aliphatic rings. The fourth-order valence-corrected chi connectivity index (χ4v) is 3.48. The number of aromatic nitrogens is 1. The van der Waals surface area contributed by atoms with Crippen molar-refractivity contribution in [2.45, 2.75) is 13.8 Å². The number of anilines is 1. The van der Waals surface area contributed by atoms with E-state index in [1.807, 2.05) is 74.5 Å². The van der Waals surface area contributed by atoms with Gasteiger partial charge in [-0.05, 0) is 71.7 Å². The summed E-state index contributed by atoms with van der Waals surface area (Å²) >= 11 is 3.52. The third kappa shape index (κ3) is 3.51. The van der Waals surface area contributed by atoms with Crippen LogP contribution in [0.1, 0.15) is 21.5 Å². The average Bonchev–Trinajstić information content (AvgIpc) is 3.05. The fourth-order valence-electron chi connectivity index (χ4n) is 3.02. The Balaban J connectivity index is 1.64. The van der Waals surface area contributed by atoms with Crippen molar-refractivity contribution in [3.05, 3.63) is 81.8 Å². The van der Waals surface area contributed by atoms with Crippen LogP contribution >= 0.6 is 15.9 Å². The predicted molar refractivity (Wildman–Crippen MR) is 111 cm³/mol. The molecule has 1 aromatic heterocycles.